The minimum atomic E-state index is 0.540. The van der Waals surface area contributed by atoms with E-state index >= 15 is 0 Å². The lowest BCUT2D eigenvalue weighted by Gasteiger charge is -2.07. The van der Waals surface area contributed by atoms with Gasteiger partial charge in [-0.15, -0.1) is 0 Å². The molecule has 0 saturated heterocycles. The minimum absolute atomic E-state index is 0.540. The highest BCUT2D eigenvalue weighted by Gasteiger charge is 1.98. The molecule has 19 heavy (non-hydrogen) atoms. The van der Waals surface area contributed by atoms with E-state index in [4.69, 9.17) is 17.0 Å². The third-order valence-corrected chi connectivity index (χ3v) is 2.64. The fourth-order valence-electron chi connectivity index (χ4n) is 1.45. The van der Waals surface area contributed by atoms with E-state index in [1.54, 1.807) is 6.21 Å². The molecule has 0 heterocycles. The third-order valence-electron chi connectivity index (χ3n) is 2.40. The van der Waals surface area contributed by atoms with Gasteiger partial charge in [-0.3, -0.25) is 5.43 Å². The minimum Gasteiger partial charge on any atom is -0.493 e. The summed E-state index contributed by atoms with van der Waals surface area (Å²) in [7, 11) is 0. The van der Waals surface area contributed by atoms with E-state index in [0.29, 0.717) is 11.7 Å². The molecule has 0 atom stereocenters. The first-order chi connectivity index (χ1) is 9.27. The highest BCUT2D eigenvalue weighted by Crippen LogP contribution is 2.15. The number of nitrogens with zero attached hydrogens (tertiary/aromatic N) is 1. The summed E-state index contributed by atoms with van der Waals surface area (Å²) in [5.74, 6) is 0.820. The van der Waals surface area contributed by atoms with Gasteiger partial charge in [0, 0.05) is 12.1 Å². The van der Waals surface area contributed by atoms with Crippen molar-refractivity contribution < 1.29 is 4.74 Å². The number of hydrogen-bond acceptors (Lipinski definition) is 3. The maximum Gasteiger partial charge on any atom is 0.186 e. The first-order valence-electron chi connectivity index (χ1n) is 6.56. The molecule has 0 saturated carbocycles. The first-order valence-corrected chi connectivity index (χ1v) is 6.97. The Morgan fingerprint density at radius 3 is 2.89 bits per heavy atom. The van der Waals surface area contributed by atoms with Crippen molar-refractivity contribution in [2.75, 3.05) is 13.2 Å². The highest BCUT2D eigenvalue weighted by molar-refractivity contribution is 7.80. The largest absolute Gasteiger partial charge is 0.493 e. The molecule has 104 valence electrons. The van der Waals surface area contributed by atoms with Crippen molar-refractivity contribution in [1.29, 1.82) is 0 Å². The van der Waals surface area contributed by atoms with Crippen molar-refractivity contribution in [2.45, 2.75) is 26.7 Å². The molecule has 2 N–H and O–H groups in total. The Morgan fingerprint density at radius 1 is 1.37 bits per heavy atom. The number of hydrogen-bond donors (Lipinski definition) is 2. The van der Waals surface area contributed by atoms with Gasteiger partial charge in [-0.1, -0.05) is 25.5 Å². The van der Waals surface area contributed by atoms with Gasteiger partial charge in [-0.25, -0.2) is 0 Å². The summed E-state index contributed by atoms with van der Waals surface area (Å²) < 4.78 is 5.51. The summed E-state index contributed by atoms with van der Waals surface area (Å²) in [5.41, 5.74) is 3.72. The molecule has 0 fully saturated rings. The SMILES string of the molecule is CCCCNC(=S)NN=Cc1ccccc1OCC. The fourth-order valence-corrected chi connectivity index (χ4v) is 1.61. The van der Waals surface area contributed by atoms with Gasteiger partial charge in [0.15, 0.2) is 5.11 Å². The van der Waals surface area contributed by atoms with Crippen LogP contribution in [0, 0.1) is 0 Å². The second-order valence-electron chi connectivity index (χ2n) is 3.95. The lowest BCUT2D eigenvalue weighted by atomic mass is 10.2. The maximum absolute atomic E-state index is 5.51. The molecule has 1 rings (SSSR count). The van der Waals surface area contributed by atoms with E-state index < -0.39 is 0 Å². The third kappa shape index (κ3) is 6.20. The topological polar surface area (TPSA) is 45.7 Å². The zero-order chi connectivity index (χ0) is 13.9. The lowest BCUT2D eigenvalue weighted by Crippen LogP contribution is -2.32. The molecule has 0 bridgehead atoms. The number of unbranched alkanes of at least 4 members (excludes halogenated alkanes) is 1. The van der Waals surface area contributed by atoms with Crippen LogP contribution < -0.4 is 15.5 Å². The summed E-state index contributed by atoms with van der Waals surface area (Å²) in [6, 6.07) is 7.75. The van der Waals surface area contributed by atoms with E-state index in [9.17, 15) is 0 Å². The quantitative estimate of drug-likeness (QED) is 0.349. The zero-order valence-electron chi connectivity index (χ0n) is 11.5. The van der Waals surface area contributed by atoms with Crippen LogP contribution >= 0.6 is 12.2 Å². The molecule has 1 aromatic rings. The predicted octanol–water partition coefficient (Wildman–Crippen LogP) is 2.68. The summed E-state index contributed by atoms with van der Waals surface area (Å²) in [6.07, 6.45) is 3.94. The van der Waals surface area contributed by atoms with Gasteiger partial charge in [0.2, 0.25) is 0 Å². The number of thiocarbonyl (C=S) groups is 1. The van der Waals surface area contributed by atoms with Crippen LogP contribution in [0.5, 0.6) is 5.75 Å². The van der Waals surface area contributed by atoms with Gasteiger partial charge in [-0.2, -0.15) is 5.10 Å². The summed E-state index contributed by atoms with van der Waals surface area (Å²) in [5, 5.41) is 7.73. The molecule has 0 aliphatic heterocycles. The predicted molar refractivity (Wildman–Crippen MR) is 83.8 cm³/mol. The van der Waals surface area contributed by atoms with Crippen LogP contribution in [0.15, 0.2) is 29.4 Å². The van der Waals surface area contributed by atoms with E-state index in [0.717, 1.165) is 30.7 Å². The fraction of sp³-hybridized carbons (Fsp3) is 0.429. The molecule has 4 nitrogen and oxygen atoms in total. The first kappa shape index (κ1) is 15.4. The Hall–Kier alpha value is -1.62. The highest BCUT2D eigenvalue weighted by atomic mass is 32.1. The second kappa shape index (κ2) is 9.33. The van der Waals surface area contributed by atoms with Crippen LogP contribution in [0.3, 0.4) is 0 Å². The van der Waals surface area contributed by atoms with E-state index in [1.807, 2.05) is 31.2 Å². The molecular formula is C14H21N3OS. The summed E-state index contributed by atoms with van der Waals surface area (Å²) in [6.45, 7) is 5.60. The van der Waals surface area contributed by atoms with Gasteiger partial charge < -0.3 is 10.1 Å². The van der Waals surface area contributed by atoms with Gasteiger partial charge in [-0.05, 0) is 37.7 Å². The van der Waals surface area contributed by atoms with Crippen molar-refractivity contribution in [3.05, 3.63) is 29.8 Å². The average molecular weight is 279 g/mol. The molecule has 0 spiro atoms. The van der Waals surface area contributed by atoms with Crippen molar-refractivity contribution in [3.8, 4) is 5.75 Å². The Morgan fingerprint density at radius 2 is 2.16 bits per heavy atom. The van der Waals surface area contributed by atoms with Crippen molar-refractivity contribution in [2.24, 2.45) is 5.10 Å². The van der Waals surface area contributed by atoms with Crippen LogP contribution in [0.1, 0.15) is 32.3 Å². The van der Waals surface area contributed by atoms with Gasteiger partial charge >= 0.3 is 0 Å². The van der Waals surface area contributed by atoms with Crippen LogP contribution in [-0.2, 0) is 0 Å². The monoisotopic (exact) mass is 279 g/mol. The number of hydrazone groups is 1. The number of para-hydroxylation sites is 1. The number of rotatable bonds is 7. The van der Waals surface area contributed by atoms with Gasteiger partial charge in [0.25, 0.3) is 0 Å². The smallest absolute Gasteiger partial charge is 0.186 e. The Balaban J connectivity index is 2.45. The van der Waals surface area contributed by atoms with Crippen molar-refractivity contribution in [1.82, 2.24) is 10.7 Å². The van der Waals surface area contributed by atoms with E-state index in [2.05, 4.69) is 22.8 Å². The standard InChI is InChI=1S/C14H21N3OS/c1-3-5-10-15-14(19)17-16-11-12-8-6-7-9-13(12)18-4-2/h6-9,11H,3-5,10H2,1-2H3,(H2,15,17,19). The zero-order valence-corrected chi connectivity index (χ0v) is 12.3. The second-order valence-corrected chi connectivity index (χ2v) is 4.36. The van der Waals surface area contributed by atoms with Gasteiger partial charge in [0.05, 0.1) is 12.8 Å². The van der Waals surface area contributed by atoms with E-state index in [1.165, 1.54) is 0 Å². The molecule has 0 radical (unpaired) electrons. The van der Waals surface area contributed by atoms with Crippen molar-refractivity contribution >= 4 is 23.5 Å². The van der Waals surface area contributed by atoms with Crippen LogP contribution in [0.25, 0.3) is 0 Å². The normalized spacial score (nSPS) is 10.4. The molecule has 0 unspecified atom stereocenters. The number of nitrogens with one attached hydrogen (secondary N) is 2. The molecule has 0 amide bonds. The number of ether oxygens (including phenoxy) is 1. The lowest BCUT2D eigenvalue weighted by molar-refractivity contribution is 0.340. The van der Waals surface area contributed by atoms with Crippen molar-refractivity contribution in [3.63, 3.8) is 0 Å². The van der Waals surface area contributed by atoms with Crippen LogP contribution in [0.2, 0.25) is 0 Å². The van der Waals surface area contributed by atoms with Crippen LogP contribution in [-0.4, -0.2) is 24.5 Å². The molecule has 1 aromatic carbocycles. The Bertz CT molecular complexity index is 421. The Labute approximate surface area is 120 Å². The maximum atomic E-state index is 5.51. The summed E-state index contributed by atoms with van der Waals surface area (Å²) >= 11 is 5.10. The van der Waals surface area contributed by atoms with Crippen LogP contribution in [0.4, 0.5) is 0 Å². The number of benzene rings is 1. The average Bonchev–Trinajstić information content (AvgIpc) is 2.41. The van der Waals surface area contributed by atoms with E-state index in [-0.39, 0.29) is 0 Å². The molecule has 0 aliphatic carbocycles. The Kier molecular flexibility index (Phi) is 7.58. The molecule has 0 aliphatic rings. The molecular weight excluding hydrogens is 258 g/mol. The molecule has 0 aromatic heterocycles. The van der Waals surface area contributed by atoms with Gasteiger partial charge in [0.1, 0.15) is 5.75 Å². The summed E-state index contributed by atoms with van der Waals surface area (Å²) in [4.78, 5) is 0. The molecule has 5 heteroatoms.